The molecule has 0 saturated carbocycles. The van der Waals surface area contributed by atoms with Crippen LogP contribution in [0.15, 0.2) is 24.3 Å². The van der Waals surface area contributed by atoms with E-state index in [4.69, 9.17) is 14.4 Å². The highest BCUT2D eigenvalue weighted by Gasteiger charge is 2.19. The molecule has 0 amide bonds. The van der Waals surface area contributed by atoms with Gasteiger partial charge in [-0.2, -0.15) is 0 Å². The van der Waals surface area contributed by atoms with Gasteiger partial charge in [-0.3, -0.25) is 4.79 Å². The van der Waals surface area contributed by atoms with Crippen molar-refractivity contribution in [3.63, 3.8) is 0 Å². The maximum atomic E-state index is 9.82. The average Bonchev–Trinajstić information content (AvgIpc) is 2.19. The minimum atomic E-state index is -1.58. The molecular formula is C8H9BO5. The summed E-state index contributed by atoms with van der Waals surface area (Å²) in [6, 6.07) is 6.47. The standard InChI is InChI=1S/C8H9BO5/c1-12-7-2-4-8(5-3-7)14-9(11)13-6-10/h2-6,11H,1H3. The van der Waals surface area contributed by atoms with E-state index in [1.54, 1.807) is 31.4 Å². The molecule has 0 aliphatic heterocycles. The van der Waals surface area contributed by atoms with Gasteiger partial charge in [-0.05, 0) is 24.3 Å². The van der Waals surface area contributed by atoms with Crippen LogP contribution in [0.25, 0.3) is 0 Å². The lowest BCUT2D eigenvalue weighted by atomic mass is 10.2. The van der Waals surface area contributed by atoms with E-state index in [0.29, 0.717) is 11.5 Å². The molecule has 0 aliphatic carbocycles. The Morgan fingerprint density at radius 3 is 2.36 bits per heavy atom. The number of carbonyl (C=O) groups is 1. The molecule has 0 atom stereocenters. The Labute approximate surface area is 81.4 Å². The van der Waals surface area contributed by atoms with Gasteiger partial charge in [0, 0.05) is 0 Å². The molecule has 0 spiro atoms. The minimum Gasteiger partial charge on any atom is -0.501 e. The molecule has 6 heteroatoms. The van der Waals surface area contributed by atoms with E-state index >= 15 is 0 Å². The first-order valence-electron chi connectivity index (χ1n) is 3.84. The smallest absolute Gasteiger partial charge is 0.501 e. The molecule has 14 heavy (non-hydrogen) atoms. The average molecular weight is 196 g/mol. The van der Waals surface area contributed by atoms with Crippen molar-refractivity contribution in [3.05, 3.63) is 24.3 Å². The highest BCUT2D eigenvalue weighted by atomic mass is 16.7. The van der Waals surface area contributed by atoms with Gasteiger partial charge in [0.15, 0.2) is 0 Å². The molecule has 0 aliphatic rings. The third-order valence-corrected chi connectivity index (χ3v) is 1.47. The van der Waals surface area contributed by atoms with Crippen molar-refractivity contribution in [2.24, 2.45) is 0 Å². The maximum Gasteiger partial charge on any atom is 0.787 e. The third kappa shape index (κ3) is 2.99. The fraction of sp³-hybridized carbons (Fsp3) is 0.125. The zero-order valence-electron chi connectivity index (χ0n) is 7.54. The number of rotatable bonds is 5. The fourth-order valence-electron chi connectivity index (χ4n) is 0.846. The largest absolute Gasteiger partial charge is 0.787 e. The zero-order valence-corrected chi connectivity index (χ0v) is 7.54. The lowest BCUT2D eigenvalue weighted by molar-refractivity contribution is -0.122. The van der Waals surface area contributed by atoms with Gasteiger partial charge in [0.05, 0.1) is 7.11 Å². The molecule has 0 heterocycles. The second-order valence-electron chi connectivity index (χ2n) is 2.33. The summed E-state index contributed by atoms with van der Waals surface area (Å²) < 4.78 is 13.8. The molecule has 0 radical (unpaired) electrons. The van der Waals surface area contributed by atoms with E-state index in [-0.39, 0.29) is 6.47 Å². The van der Waals surface area contributed by atoms with Gasteiger partial charge in [0.25, 0.3) is 6.47 Å². The molecular weight excluding hydrogens is 187 g/mol. The van der Waals surface area contributed by atoms with Crippen LogP contribution in [-0.4, -0.2) is 25.9 Å². The van der Waals surface area contributed by atoms with Crippen LogP contribution in [0.3, 0.4) is 0 Å². The molecule has 0 saturated heterocycles. The van der Waals surface area contributed by atoms with E-state index in [1.807, 2.05) is 0 Å². The van der Waals surface area contributed by atoms with E-state index in [2.05, 4.69) is 4.65 Å². The Morgan fingerprint density at radius 1 is 1.29 bits per heavy atom. The summed E-state index contributed by atoms with van der Waals surface area (Å²) in [5, 5.41) is 8.92. The summed E-state index contributed by atoms with van der Waals surface area (Å²) in [4.78, 5) is 9.82. The van der Waals surface area contributed by atoms with Crippen LogP contribution in [0.1, 0.15) is 0 Å². The monoisotopic (exact) mass is 196 g/mol. The number of carbonyl (C=O) groups excluding carboxylic acids is 1. The first-order valence-corrected chi connectivity index (χ1v) is 3.84. The second kappa shape index (κ2) is 5.13. The normalized spacial score (nSPS) is 9.00. The number of hydrogen-bond donors (Lipinski definition) is 1. The number of hydrogen-bond acceptors (Lipinski definition) is 5. The van der Waals surface area contributed by atoms with Crippen molar-refractivity contribution >= 4 is 13.8 Å². The summed E-state index contributed by atoms with van der Waals surface area (Å²) in [5.74, 6) is 1.04. The zero-order chi connectivity index (χ0) is 10.4. The Hall–Kier alpha value is -1.69. The molecule has 1 aromatic carbocycles. The number of benzene rings is 1. The van der Waals surface area contributed by atoms with Crippen LogP contribution in [-0.2, 0) is 9.45 Å². The predicted octanol–water partition coefficient (Wildman–Crippen LogP) is 0.224. The first-order chi connectivity index (χ1) is 6.76. The van der Waals surface area contributed by atoms with Crippen molar-refractivity contribution in [2.75, 3.05) is 7.11 Å². The van der Waals surface area contributed by atoms with Gasteiger partial charge in [-0.1, -0.05) is 0 Å². The quantitative estimate of drug-likeness (QED) is 0.539. The molecule has 0 bridgehead atoms. The van der Waals surface area contributed by atoms with Crippen molar-refractivity contribution in [2.45, 2.75) is 0 Å². The van der Waals surface area contributed by atoms with Crippen LogP contribution in [0.4, 0.5) is 0 Å². The fourth-order valence-corrected chi connectivity index (χ4v) is 0.846. The molecule has 1 aromatic rings. The minimum absolute atomic E-state index is 0.105. The summed E-state index contributed by atoms with van der Waals surface area (Å²) in [7, 11) is -0.0406. The van der Waals surface area contributed by atoms with Gasteiger partial charge in [0.1, 0.15) is 11.5 Å². The van der Waals surface area contributed by atoms with Gasteiger partial charge in [-0.15, -0.1) is 0 Å². The number of ether oxygens (including phenoxy) is 1. The van der Waals surface area contributed by atoms with Crippen LogP contribution >= 0.6 is 0 Å². The van der Waals surface area contributed by atoms with Crippen LogP contribution in [0, 0.1) is 0 Å². The van der Waals surface area contributed by atoms with Crippen LogP contribution in [0.5, 0.6) is 11.5 Å². The molecule has 0 fully saturated rings. The lowest BCUT2D eigenvalue weighted by Crippen LogP contribution is -2.25. The molecule has 1 N–H and O–H groups in total. The molecule has 1 rings (SSSR count). The SMILES string of the molecule is COc1ccc(OB(O)OC=O)cc1. The Morgan fingerprint density at radius 2 is 1.86 bits per heavy atom. The van der Waals surface area contributed by atoms with Gasteiger partial charge >= 0.3 is 7.32 Å². The second-order valence-corrected chi connectivity index (χ2v) is 2.33. The van der Waals surface area contributed by atoms with E-state index in [9.17, 15) is 4.79 Å². The van der Waals surface area contributed by atoms with Gasteiger partial charge in [0.2, 0.25) is 0 Å². The topological polar surface area (TPSA) is 65.0 Å². The molecule has 74 valence electrons. The van der Waals surface area contributed by atoms with E-state index in [0.717, 1.165) is 0 Å². The van der Waals surface area contributed by atoms with Crippen molar-refractivity contribution < 1.29 is 23.9 Å². The summed E-state index contributed by atoms with van der Waals surface area (Å²) in [6.45, 7) is 0.105. The summed E-state index contributed by atoms with van der Waals surface area (Å²) in [6.07, 6.45) is 0. The lowest BCUT2D eigenvalue weighted by Gasteiger charge is -2.06. The first kappa shape index (κ1) is 10.4. The third-order valence-electron chi connectivity index (χ3n) is 1.47. The van der Waals surface area contributed by atoms with Crippen LogP contribution < -0.4 is 9.39 Å². The van der Waals surface area contributed by atoms with Crippen molar-refractivity contribution in [3.8, 4) is 11.5 Å². The van der Waals surface area contributed by atoms with Gasteiger partial charge < -0.3 is 19.1 Å². The number of methoxy groups -OCH3 is 1. The Bertz CT molecular complexity index is 286. The predicted molar refractivity (Wildman–Crippen MR) is 48.7 cm³/mol. The maximum absolute atomic E-state index is 9.82. The summed E-state index contributed by atoms with van der Waals surface area (Å²) >= 11 is 0. The highest BCUT2D eigenvalue weighted by Crippen LogP contribution is 2.17. The summed E-state index contributed by atoms with van der Waals surface area (Å²) in [5.41, 5.74) is 0. The Balaban J connectivity index is 2.54. The molecule has 5 nitrogen and oxygen atoms in total. The van der Waals surface area contributed by atoms with E-state index in [1.165, 1.54) is 0 Å². The van der Waals surface area contributed by atoms with Crippen molar-refractivity contribution in [1.82, 2.24) is 0 Å². The van der Waals surface area contributed by atoms with Crippen LogP contribution in [0.2, 0.25) is 0 Å². The van der Waals surface area contributed by atoms with Gasteiger partial charge in [-0.25, -0.2) is 0 Å². The Kier molecular flexibility index (Phi) is 3.81. The van der Waals surface area contributed by atoms with Crippen molar-refractivity contribution in [1.29, 1.82) is 0 Å². The molecule has 0 unspecified atom stereocenters. The van der Waals surface area contributed by atoms with E-state index < -0.39 is 7.32 Å². The highest BCUT2D eigenvalue weighted by molar-refractivity contribution is 6.37. The molecule has 0 aromatic heterocycles.